The number of esters is 1. The standard InChI is InChI=1S/C17H17NO3/c1-17(2,3)16(19)21-14-11-12-7-4-5-9-18(12)15(14)13-8-6-10-20-13/h4-11H,1-3H3. The smallest absolute Gasteiger partial charge is 0.316 e. The van der Waals surface area contributed by atoms with Gasteiger partial charge >= 0.3 is 5.97 Å². The highest BCUT2D eigenvalue weighted by atomic mass is 16.5. The fraction of sp³-hybridized carbons (Fsp3) is 0.235. The zero-order chi connectivity index (χ0) is 15.0. The fourth-order valence-electron chi connectivity index (χ4n) is 2.08. The highest BCUT2D eigenvalue weighted by Gasteiger charge is 2.26. The lowest BCUT2D eigenvalue weighted by Crippen LogP contribution is -2.25. The highest BCUT2D eigenvalue weighted by molar-refractivity contribution is 5.82. The minimum atomic E-state index is -0.561. The van der Waals surface area contributed by atoms with Crippen molar-refractivity contribution >= 4 is 11.5 Å². The van der Waals surface area contributed by atoms with Crippen molar-refractivity contribution < 1.29 is 13.9 Å². The fourth-order valence-corrected chi connectivity index (χ4v) is 2.08. The van der Waals surface area contributed by atoms with E-state index >= 15 is 0 Å². The molecule has 0 radical (unpaired) electrons. The second kappa shape index (κ2) is 4.81. The van der Waals surface area contributed by atoms with E-state index in [1.807, 2.05) is 67.8 Å². The summed E-state index contributed by atoms with van der Waals surface area (Å²) in [6.45, 7) is 5.49. The van der Waals surface area contributed by atoms with Crippen molar-refractivity contribution in [1.82, 2.24) is 4.40 Å². The summed E-state index contributed by atoms with van der Waals surface area (Å²) < 4.78 is 13.0. The number of nitrogens with zero attached hydrogens (tertiary/aromatic N) is 1. The third-order valence-electron chi connectivity index (χ3n) is 3.21. The molecule has 4 heteroatoms. The largest absolute Gasteiger partial charge is 0.463 e. The third-order valence-corrected chi connectivity index (χ3v) is 3.21. The van der Waals surface area contributed by atoms with Crippen molar-refractivity contribution in [3.05, 3.63) is 48.9 Å². The van der Waals surface area contributed by atoms with Crippen molar-refractivity contribution in [3.63, 3.8) is 0 Å². The molecule has 0 aliphatic rings. The monoisotopic (exact) mass is 283 g/mol. The Morgan fingerprint density at radius 1 is 1.19 bits per heavy atom. The van der Waals surface area contributed by atoms with Crippen molar-refractivity contribution in [2.24, 2.45) is 5.41 Å². The molecule has 0 amide bonds. The van der Waals surface area contributed by atoms with Crippen molar-refractivity contribution in [3.8, 4) is 17.2 Å². The Morgan fingerprint density at radius 3 is 2.67 bits per heavy atom. The summed E-state index contributed by atoms with van der Waals surface area (Å²) in [6, 6.07) is 11.3. The Morgan fingerprint density at radius 2 is 2.00 bits per heavy atom. The molecule has 0 N–H and O–H groups in total. The summed E-state index contributed by atoms with van der Waals surface area (Å²) in [5, 5.41) is 0. The Hall–Kier alpha value is -2.49. The minimum Gasteiger partial charge on any atom is -0.463 e. The number of hydrogen-bond acceptors (Lipinski definition) is 3. The van der Waals surface area contributed by atoms with Gasteiger partial charge in [0.25, 0.3) is 0 Å². The first-order valence-electron chi connectivity index (χ1n) is 6.83. The van der Waals surface area contributed by atoms with E-state index < -0.39 is 5.41 Å². The molecule has 3 heterocycles. The molecule has 4 nitrogen and oxygen atoms in total. The van der Waals surface area contributed by atoms with Gasteiger partial charge in [0, 0.05) is 17.8 Å². The van der Waals surface area contributed by atoms with Crippen molar-refractivity contribution in [1.29, 1.82) is 0 Å². The summed E-state index contributed by atoms with van der Waals surface area (Å²) in [7, 11) is 0. The van der Waals surface area contributed by atoms with Gasteiger partial charge in [-0.3, -0.25) is 4.79 Å². The molecule has 0 aliphatic carbocycles. The van der Waals surface area contributed by atoms with Gasteiger partial charge in [-0.05, 0) is 45.0 Å². The molecule has 0 atom stereocenters. The zero-order valence-electron chi connectivity index (χ0n) is 12.3. The zero-order valence-corrected chi connectivity index (χ0v) is 12.3. The lowest BCUT2D eigenvalue weighted by molar-refractivity contribution is -0.142. The number of fused-ring (bicyclic) bond motifs is 1. The van der Waals surface area contributed by atoms with E-state index in [0.717, 1.165) is 11.2 Å². The predicted octanol–water partition coefficient (Wildman–Crippen LogP) is 4.15. The van der Waals surface area contributed by atoms with Gasteiger partial charge in [-0.25, -0.2) is 0 Å². The van der Waals surface area contributed by atoms with E-state index in [2.05, 4.69) is 0 Å². The van der Waals surface area contributed by atoms with Crippen LogP contribution in [-0.2, 0) is 4.79 Å². The molecule has 0 aliphatic heterocycles. The number of pyridine rings is 1. The number of aromatic nitrogens is 1. The van der Waals surface area contributed by atoms with Crippen LogP contribution in [0, 0.1) is 5.41 Å². The molecular formula is C17H17NO3. The summed E-state index contributed by atoms with van der Waals surface area (Å²) in [6.07, 6.45) is 3.52. The molecule has 21 heavy (non-hydrogen) atoms. The second-order valence-corrected chi connectivity index (χ2v) is 5.97. The highest BCUT2D eigenvalue weighted by Crippen LogP contribution is 2.35. The molecule has 0 unspecified atom stereocenters. The Bertz CT molecular complexity index is 776. The van der Waals surface area contributed by atoms with Crippen LogP contribution in [0.5, 0.6) is 5.75 Å². The van der Waals surface area contributed by atoms with E-state index in [0.29, 0.717) is 11.5 Å². The normalized spacial score (nSPS) is 11.8. The maximum Gasteiger partial charge on any atom is 0.316 e. The summed E-state index contributed by atoms with van der Waals surface area (Å²) in [5.74, 6) is 0.903. The maximum atomic E-state index is 12.2. The first kappa shape index (κ1) is 13.5. The quantitative estimate of drug-likeness (QED) is 0.663. The SMILES string of the molecule is CC(C)(C)C(=O)Oc1cc2ccccn2c1-c1ccco1. The van der Waals surface area contributed by atoms with Crippen molar-refractivity contribution in [2.45, 2.75) is 20.8 Å². The van der Waals surface area contributed by atoms with Gasteiger partial charge in [0.15, 0.2) is 11.5 Å². The molecule has 0 aromatic carbocycles. The van der Waals surface area contributed by atoms with Crippen LogP contribution in [0.4, 0.5) is 0 Å². The molecule has 0 saturated carbocycles. The second-order valence-electron chi connectivity index (χ2n) is 5.97. The maximum absolute atomic E-state index is 12.2. The first-order valence-corrected chi connectivity index (χ1v) is 6.83. The van der Waals surface area contributed by atoms with Crippen LogP contribution in [0.3, 0.4) is 0 Å². The molecule has 3 aromatic rings. The van der Waals surface area contributed by atoms with Crippen LogP contribution in [0.1, 0.15) is 20.8 Å². The summed E-state index contributed by atoms with van der Waals surface area (Å²) in [5.41, 5.74) is 1.13. The molecule has 0 spiro atoms. The van der Waals surface area contributed by atoms with Crippen LogP contribution < -0.4 is 4.74 Å². The van der Waals surface area contributed by atoms with Crippen LogP contribution >= 0.6 is 0 Å². The average Bonchev–Trinajstić information content (AvgIpc) is 3.03. The van der Waals surface area contributed by atoms with Crippen molar-refractivity contribution in [2.75, 3.05) is 0 Å². The number of hydrogen-bond donors (Lipinski definition) is 0. The van der Waals surface area contributed by atoms with Gasteiger partial charge < -0.3 is 13.6 Å². The van der Waals surface area contributed by atoms with Gasteiger partial charge in [-0.15, -0.1) is 0 Å². The van der Waals surface area contributed by atoms with Gasteiger partial charge in [0.2, 0.25) is 0 Å². The number of ether oxygens (including phenoxy) is 1. The van der Waals surface area contributed by atoms with E-state index in [1.54, 1.807) is 6.26 Å². The Balaban J connectivity index is 2.14. The molecule has 0 saturated heterocycles. The average molecular weight is 283 g/mol. The molecule has 3 rings (SSSR count). The van der Waals surface area contributed by atoms with Crippen LogP contribution in [-0.4, -0.2) is 10.4 Å². The lowest BCUT2D eigenvalue weighted by Gasteiger charge is -2.16. The number of carbonyl (C=O) groups is 1. The number of furan rings is 1. The van der Waals surface area contributed by atoms with Gasteiger partial charge in [-0.2, -0.15) is 0 Å². The molecular weight excluding hydrogens is 266 g/mol. The van der Waals surface area contributed by atoms with Crippen LogP contribution in [0.2, 0.25) is 0 Å². The van der Waals surface area contributed by atoms with E-state index in [-0.39, 0.29) is 5.97 Å². The molecule has 0 bridgehead atoms. The van der Waals surface area contributed by atoms with E-state index in [1.165, 1.54) is 0 Å². The van der Waals surface area contributed by atoms with Gasteiger partial charge in [0.1, 0.15) is 5.69 Å². The summed E-state index contributed by atoms with van der Waals surface area (Å²) in [4.78, 5) is 12.2. The van der Waals surface area contributed by atoms with Crippen LogP contribution in [0.25, 0.3) is 17.0 Å². The van der Waals surface area contributed by atoms with Crippen LogP contribution in [0.15, 0.2) is 53.3 Å². The predicted molar refractivity (Wildman–Crippen MR) is 80.2 cm³/mol. The van der Waals surface area contributed by atoms with E-state index in [9.17, 15) is 4.79 Å². The minimum absolute atomic E-state index is 0.272. The Labute approximate surface area is 123 Å². The molecule has 108 valence electrons. The van der Waals surface area contributed by atoms with Gasteiger partial charge in [-0.1, -0.05) is 6.07 Å². The Kier molecular flexibility index (Phi) is 3.09. The molecule has 3 aromatic heterocycles. The number of rotatable bonds is 2. The first-order chi connectivity index (χ1) is 9.97. The molecule has 0 fully saturated rings. The van der Waals surface area contributed by atoms with E-state index in [4.69, 9.17) is 9.15 Å². The summed E-state index contributed by atoms with van der Waals surface area (Å²) >= 11 is 0. The third kappa shape index (κ3) is 2.44. The van der Waals surface area contributed by atoms with Gasteiger partial charge in [0.05, 0.1) is 11.7 Å². The topological polar surface area (TPSA) is 43.9 Å². The number of carbonyl (C=O) groups excluding carboxylic acids is 1. The lowest BCUT2D eigenvalue weighted by atomic mass is 9.97.